The Labute approximate surface area is 177 Å². The summed E-state index contributed by atoms with van der Waals surface area (Å²) in [6.45, 7) is 8.23. The third-order valence-corrected chi connectivity index (χ3v) is 5.85. The lowest BCUT2D eigenvalue weighted by Crippen LogP contribution is -2.35. The Balaban J connectivity index is 1.33. The van der Waals surface area contributed by atoms with Crippen LogP contribution in [0.4, 0.5) is 5.82 Å². The number of hydrogen-bond donors (Lipinski definition) is 1. The lowest BCUT2D eigenvalue weighted by molar-refractivity contribution is -0.119. The molecule has 4 rings (SSSR count). The van der Waals surface area contributed by atoms with Gasteiger partial charge in [0.05, 0.1) is 24.8 Å². The second-order valence-electron chi connectivity index (χ2n) is 7.93. The van der Waals surface area contributed by atoms with Crippen molar-refractivity contribution in [2.24, 2.45) is 5.92 Å². The molecule has 1 atom stereocenters. The largest absolute Gasteiger partial charge is 0.489 e. The van der Waals surface area contributed by atoms with E-state index >= 15 is 0 Å². The fourth-order valence-electron chi connectivity index (χ4n) is 4.16. The molecule has 0 radical (unpaired) electrons. The number of rotatable bonds is 8. The van der Waals surface area contributed by atoms with E-state index in [4.69, 9.17) is 9.47 Å². The van der Waals surface area contributed by atoms with Crippen LogP contribution in [0.2, 0.25) is 0 Å². The first kappa shape index (κ1) is 20.6. The second-order valence-corrected chi connectivity index (χ2v) is 7.93. The minimum atomic E-state index is -0.0569. The van der Waals surface area contributed by atoms with Crippen LogP contribution in [0, 0.1) is 5.92 Å². The number of amides is 1. The molecule has 30 heavy (non-hydrogen) atoms. The molecule has 1 amide bonds. The maximum absolute atomic E-state index is 12.5. The van der Waals surface area contributed by atoms with Gasteiger partial charge in [-0.2, -0.15) is 5.10 Å². The van der Waals surface area contributed by atoms with E-state index in [1.165, 1.54) is 5.56 Å². The zero-order valence-electron chi connectivity index (χ0n) is 17.3. The van der Waals surface area contributed by atoms with Gasteiger partial charge < -0.3 is 14.8 Å². The van der Waals surface area contributed by atoms with Gasteiger partial charge in [-0.3, -0.25) is 9.69 Å². The van der Waals surface area contributed by atoms with E-state index in [0.29, 0.717) is 25.9 Å². The second kappa shape index (κ2) is 9.91. The van der Waals surface area contributed by atoms with Crippen LogP contribution in [-0.2, 0) is 16.1 Å². The molecule has 3 heterocycles. The van der Waals surface area contributed by atoms with E-state index in [1.807, 2.05) is 22.9 Å². The molecule has 2 saturated heterocycles. The highest BCUT2D eigenvalue weighted by molar-refractivity contribution is 5.92. The standard InChI is InChI=1S/C23H30N4O3/c1-2-14-30-21-6-4-3-5-18(21)16-26-12-8-20(9-13-26)27-22(7-11-24-27)25-23(28)19-10-15-29-17-19/h2-7,11,19-20H,1,8-10,12-17H2,(H,25,28)/t19-/m0/s1. The number of carbonyl (C=O) groups is 1. The van der Waals surface area contributed by atoms with Gasteiger partial charge >= 0.3 is 0 Å². The number of piperidine rings is 1. The summed E-state index contributed by atoms with van der Waals surface area (Å²) in [5.41, 5.74) is 1.20. The van der Waals surface area contributed by atoms with E-state index in [1.54, 1.807) is 12.3 Å². The SMILES string of the molecule is C=CCOc1ccccc1CN1CCC(n2nccc2NC(=O)[C@H]2CCOC2)CC1. The van der Waals surface area contributed by atoms with Crippen LogP contribution in [0.25, 0.3) is 0 Å². The maximum Gasteiger partial charge on any atom is 0.231 e. The third kappa shape index (κ3) is 4.91. The van der Waals surface area contributed by atoms with Gasteiger partial charge in [-0.1, -0.05) is 30.9 Å². The molecule has 1 aromatic carbocycles. The van der Waals surface area contributed by atoms with Gasteiger partial charge in [0.15, 0.2) is 0 Å². The Morgan fingerprint density at radius 1 is 1.27 bits per heavy atom. The number of ether oxygens (including phenoxy) is 2. The van der Waals surface area contributed by atoms with Gasteiger partial charge in [-0.15, -0.1) is 0 Å². The first-order chi connectivity index (χ1) is 14.7. The fourth-order valence-corrected chi connectivity index (χ4v) is 4.16. The van der Waals surface area contributed by atoms with Crippen molar-refractivity contribution in [2.45, 2.75) is 31.8 Å². The molecule has 0 bridgehead atoms. The molecule has 1 N–H and O–H groups in total. The number of aromatic nitrogens is 2. The van der Waals surface area contributed by atoms with Gasteiger partial charge in [-0.05, 0) is 25.3 Å². The van der Waals surface area contributed by atoms with Crippen LogP contribution in [0.1, 0.15) is 30.9 Å². The smallest absolute Gasteiger partial charge is 0.231 e. The highest BCUT2D eigenvalue weighted by atomic mass is 16.5. The normalized spacial score (nSPS) is 20.2. The van der Waals surface area contributed by atoms with Gasteiger partial charge in [0.25, 0.3) is 0 Å². The zero-order chi connectivity index (χ0) is 20.8. The first-order valence-electron chi connectivity index (χ1n) is 10.7. The molecular formula is C23H30N4O3. The number of likely N-dealkylation sites (tertiary alicyclic amines) is 1. The van der Waals surface area contributed by atoms with E-state index in [2.05, 4.69) is 34.0 Å². The predicted molar refractivity (Wildman–Crippen MR) is 115 cm³/mol. The number of para-hydroxylation sites is 1. The molecular weight excluding hydrogens is 380 g/mol. The van der Waals surface area contributed by atoms with Crippen LogP contribution in [-0.4, -0.2) is 53.5 Å². The quantitative estimate of drug-likeness (QED) is 0.677. The van der Waals surface area contributed by atoms with Gasteiger partial charge in [-0.25, -0.2) is 4.68 Å². The summed E-state index contributed by atoms with van der Waals surface area (Å²) in [6.07, 6.45) is 6.30. The van der Waals surface area contributed by atoms with E-state index in [-0.39, 0.29) is 11.8 Å². The Morgan fingerprint density at radius 3 is 2.87 bits per heavy atom. The lowest BCUT2D eigenvalue weighted by Gasteiger charge is -2.33. The number of anilines is 1. The van der Waals surface area contributed by atoms with Crippen molar-refractivity contribution in [1.82, 2.24) is 14.7 Å². The van der Waals surface area contributed by atoms with Crippen molar-refractivity contribution in [3.05, 3.63) is 54.7 Å². The molecule has 7 nitrogen and oxygen atoms in total. The molecule has 0 aliphatic carbocycles. The Bertz CT molecular complexity index is 852. The topological polar surface area (TPSA) is 68.6 Å². The Morgan fingerprint density at radius 2 is 2.10 bits per heavy atom. The Kier molecular flexibility index (Phi) is 6.81. The third-order valence-electron chi connectivity index (χ3n) is 5.85. The molecule has 2 aliphatic heterocycles. The molecule has 2 fully saturated rings. The van der Waals surface area contributed by atoms with E-state index < -0.39 is 0 Å². The van der Waals surface area contributed by atoms with Crippen LogP contribution in [0.5, 0.6) is 5.75 Å². The van der Waals surface area contributed by atoms with Crippen LogP contribution in [0.3, 0.4) is 0 Å². The summed E-state index contributed by atoms with van der Waals surface area (Å²) in [4.78, 5) is 14.9. The molecule has 7 heteroatoms. The summed E-state index contributed by atoms with van der Waals surface area (Å²) in [7, 11) is 0. The average molecular weight is 411 g/mol. The summed E-state index contributed by atoms with van der Waals surface area (Å²) < 4.78 is 13.1. The van der Waals surface area contributed by atoms with Gasteiger partial charge in [0.2, 0.25) is 5.91 Å². The number of benzene rings is 1. The molecule has 0 saturated carbocycles. The average Bonchev–Trinajstić information content (AvgIpc) is 3.46. The number of nitrogens with zero attached hydrogens (tertiary/aromatic N) is 3. The number of hydrogen-bond acceptors (Lipinski definition) is 5. The van der Waals surface area contributed by atoms with Crippen molar-refractivity contribution in [3.8, 4) is 5.75 Å². The maximum atomic E-state index is 12.5. The van der Waals surface area contributed by atoms with Crippen molar-refractivity contribution < 1.29 is 14.3 Å². The summed E-state index contributed by atoms with van der Waals surface area (Å²) in [6, 6.07) is 10.4. The minimum absolute atomic E-state index is 0.0304. The van der Waals surface area contributed by atoms with E-state index in [0.717, 1.165) is 50.5 Å². The zero-order valence-corrected chi connectivity index (χ0v) is 17.3. The fraction of sp³-hybridized carbons (Fsp3) is 0.478. The monoisotopic (exact) mass is 410 g/mol. The summed E-state index contributed by atoms with van der Waals surface area (Å²) >= 11 is 0. The lowest BCUT2D eigenvalue weighted by atomic mass is 10.0. The van der Waals surface area contributed by atoms with Crippen molar-refractivity contribution in [2.75, 3.05) is 38.2 Å². The molecule has 160 valence electrons. The van der Waals surface area contributed by atoms with Crippen molar-refractivity contribution >= 4 is 11.7 Å². The van der Waals surface area contributed by atoms with Gasteiger partial charge in [0.1, 0.15) is 18.2 Å². The summed E-state index contributed by atoms with van der Waals surface area (Å²) in [5, 5.41) is 7.55. The van der Waals surface area contributed by atoms with Crippen LogP contribution < -0.4 is 10.1 Å². The van der Waals surface area contributed by atoms with Crippen molar-refractivity contribution in [1.29, 1.82) is 0 Å². The molecule has 1 aromatic heterocycles. The minimum Gasteiger partial charge on any atom is -0.489 e. The highest BCUT2D eigenvalue weighted by Crippen LogP contribution is 2.28. The predicted octanol–water partition coefficient (Wildman–Crippen LogP) is 3.26. The number of nitrogens with one attached hydrogen (secondary N) is 1. The molecule has 2 aromatic rings. The molecule has 0 unspecified atom stereocenters. The highest BCUT2D eigenvalue weighted by Gasteiger charge is 2.27. The van der Waals surface area contributed by atoms with Crippen molar-refractivity contribution in [3.63, 3.8) is 0 Å². The molecule has 0 spiro atoms. The summed E-state index contributed by atoms with van der Waals surface area (Å²) in [5.74, 6) is 1.68. The number of carbonyl (C=O) groups excluding carboxylic acids is 1. The van der Waals surface area contributed by atoms with E-state index in [9.17, 15) is 4.79 Å². The van der Waals surface area contributed by atoms with Crippen LogP contribution in [0.15, 0.2) is 49.2 Å². The molecule has 2 aliphatic rings. The van der Waals surface area contributed by atoms with Crippen LogP contribution >= 0.6 is 0 Å². The van der Waals surface area contributed by atoms with Gasteiger partial charge in [0, 0.05) is 37.9 Å². The first-order valence-corrected chi connectivity index (χ1v) is 10.7. The Hall–Kier alpha value is -2.64.